The first kappa shape index (κ1) is 21.1. The number of aliphatic imine (C=N–C) groups is 1. The predicted molar refractivity (Wildman–Crippen MR) is 143 cm³/mol. The molecule has 2 heterocycles. The van der Waals surface area contributed by atoms with Crippen LogP contribution in [0.3, 0.4) is 0 Å². The summed E-state index contributed by atoms with van der Waals surface area (Å²) in [4.78, 5) is 22.8. The van der Waals surface area contributed by atoms with E-state index in [9.17, 15) is 4.79 Å². The molecule has 4 aromatic rings. The first-order valence-corrected chi connectivity index (χ1v) is 12.5. The van der Waals surface area contributed by atoms with Crippen molar-refractivity contribution in [2.24, 2.45) is 4.99 Å². The number of nitrogens with zero attached hydrogens (tertiary/aromatic N) is 3. The van der Waals surface area contributed by atoms with Gasteiger partial charge in [0.15, 0.2) is 5.17 Å². The van der Waals surface area contributed by atoms with Gasteiger partial charge in [-0.05, 0) is 56.6 Å². The zero-order chi connectivity index (χ0) is 22.9. The van der Waals surface area contributed by atoms with Crippen LogP contribution >= 0.6 is 11.8 Å². The number of amidine groups is 1. The normalized spacial score (nSPS) is 18.2. The molecular weight excluding hydrogens is 438 g/mol. The highest BCUT2D eigenvalue weighted by molar-refractivity contribution is 8.18. The number of benzene rings is 4. The van der Waals surface area contributed by atoms with Crippen LogP contribution in [0.1, 0.15) is 11.1 Å². The summed E-state index contributed by atoms with van der Waals surface area (Å²) < 4.78 is 0. The Kier molecular flexibility index (Phi) is 5.65. The third-order valence-electron chi connectivity index (χ3n) is 6.59. The van der Waals surface area contributed by atoms with Crippen LogP contribution in [0.5, 0.6) is 0 Å². The molecule has 2 aliphatic rings. The van der Waals surface area contributed by atoms with Crippen molar-refractivity contribution in [1.82, 2.24) is 9.80 Å². The van der Waals surface area contributed by atoms with Gasteiger partial charge < -0.3 is 4.90 Å². The maximum Gasteiger partial charge on any atom is 0.286 e. The quantitative estimate of drug-likeness (QED) is 0.285. The lowest BCUT2D eigenvalue weighted by molar-refractivity contribution is -0.113. The van der Waals surface area contributed by atoms with Gasteiger partial charge in [0, 0.05) is 32.7 Å². The largest absolute Gasteiger partial charge is 0.348 e. The number of amides is 1. The fraction of sp³-hybridized carbons (Fsp3) is 0.172. The number of carbonyl (C=O) groups excluding carboxylic acids is 1. The number of hydrogen-bond acceptors (Lipinski definition) is 4. The van der Waals surface area contributed by atoms with E-state index in [-0.39, 0.29) is 5.91 Å². The van der Waals surface area contributed by atoms with Crippen LogP contribution in [0.25, 0.3) is 27.6 Å². The van der Waals surface area contributed by atoms with Crippen molar-refractivity contribution in [2.75, 3.05) is 26.2 Å². The van der Waals surface area contributed by atoms with E-state index in [1.165, 1.54) is 28.1 Å². The first-order chi connectivity index (χ1) is 16.7. The Labute approximate surface area is 203 Å². The summed E-state index contributed by atoms with van der Waals surface area (Å²) in [5.41, 5.74) is 2.43. The summed E-state index contributed by atoms with van der Waals surface area (Å²) >= 11 is 1.51. The molecular formula is C29H25N3OS. The van der Waals surface area contributed by atoms with Gasteiger partial charge >= 0.3 is 0 Å². The van der Waals surface area contributed by atoms with Crippen molar-refractivity contribution in [3.63, 3.8) is 0 Å². The predicted octanol–water partition coefficient (Wildman–Crippen LogP) is 5.78. The van der Waals surface area contributed by atoms with Gasteiger partial charge in [-0.15, -0.1) is 0 Å². The minimum atomic E-state index is -0.135. The number of thioether (sulfide) groups is 1. The molecule has 0 N–H and O–H groups in total. The highest BCUT2D eigenvalue weighted by atomic mass is 32.2. The van der Waals surface area contributed by atoms with Gasteiger partial charge in [0.1, 0.15) is 0 Å². The van der Waals surface area contributed by atoms with E-state index in [0.717, 1.165) is 54.2 Å². The van der Waals surface area contributed by atoms with Crippen LogP contribution in [0.15, 0.2) is 94.8 Å². The fourth-order valence-electron chi connectivity index (χ4n) is 4.81. The molecule has 1 fully saturated rings. The van der Waals surface area contributed by atoms with Crippen LogP contribution in [-0.2, 0) is 11.3 Å². The zero-order valence-corrected chi connectivity index (χ0v) is 19.7. The molecule has 0 saturated carbocycles. The Morgan fingerprint density at radius 1 is 0.794 bits per heavy atom. The summed E-state index contributed by atoms with van der Waals surface area (Å²) in [5.74, 6) is -0.135. The average molecular weight is 464 g/mol. The standard InChI is InChI=1S/C29H25N3OS/c33-28-27(19-26-24-12-6-4-10-22(24)18-23-11-5-7-13-25(23)26)34-29(30-28)32-16-14-31(15-17-32)20-21-8-2-1-3-9-21/h1-13,18-19H,14-17,20H2/b27-19-. The number of fused-ring (bicyclic) bond motifs is 2. The molecule has 1 amide bonds. The molecule has 2 aliphatic heterocycles. The Morgan fingerprint density at radius 3 is 2.09 bits per heavy atom. The van der Waals surface area contributed by atoms with Gasteiger partial charge in [0.05, 0.1) is 4.91 Å². The number of piperazine rings is 1. The Bertz CT molecular complexity index is 1380. The van der Waals surface area contributed by atoms with E-state index in [1.54, 1.807) is 0 Å². The third-order valence-corrected chi connectivity index (χ3v) is 7.63. The molecule has 0 atom stereocenters. The molecule has 168 valence electrons. The lowest BCUT2D eigenvalue weighted by atomic mass is 9.96. The van der Waals surface area contributed by atoms with Crippen LogP contribution in [-0.4, -0.2) is 47.1 Å². The van der Waals surface area contributed by atoms with Gasteiger partial charge in [-0.1, -0.05) is 78.9 Å². The van der Waals surface area contributed by atoms with E-state index in [2.05, 4.69) is 99.7 Å². The molecule has 0 aliphatic carbocycles. The highest BCUT2D eigenvalue weighted by Gasteiger charge is 2.28. The molecule has 1 saturated heterocycles. The average Bonchev–Trinajstić information content (AvgIpc) is 3.25. The van der Waals surface area contributed by atoms with Gasteiger partial charge in [-0.25, -0.2) is 0 Å². The lowest BCUT2D eigenvalue weighted by Gasteiger charge is -2.35. The van der Waals surface area contributed by atoms with Crippen molar-refractivity contribution in [3.8, 4) is 0 Å². The van der Waals surface area contributed by atoms with E-state index in [1.807, 2.05) is 6.08 Å². The van der Waals surface area contributed by atoms with Crippen molar-refractivity contribution >= 4 is 50.5 Å². The highest BCUT2D eigenvalue weighted by Crippen LogP contribution is 2.35. The SMILES string of the molecule is O=C1N=C(N2CCN(Cc3ccccc3)CC2)S/C1=C\c1c2ccccc2cc2ccccc12. The summed E-state index contributed by atoms with van der Waals surface area (Å²) in [7, 11) is 0. The molecule has 4 nitrogen and oxygen atoms in total. The molecule has 0 bridgehead atoms. The van der Waals surface area contributed by atoms with Crippen molar-refractivity contribution < 1.29 is 4.79 Å². The number of carbonyl (C=O) groups is 1. The summed E-state index contributed by atoms with van der Waals surface area (Å²) in [6, 6.07) is 29.6. The summed E-state index contributed by atoms with van der Waals surface area (Å²) in [5, 5.41) is 5.51. The maximum absolute atomic E-state index is 12.9. The van der Waals surface area contributed by atoms with Gasteiger partial charge in [0.25, 0.3) is 5.91 Å². The van der Waals surface area contributed by atoms with Crippen LogP contribution in [0.2, 0.25) is 0 Å². The molecule has 0 aromatic heterocycles. The monoisotopic (exact) mass is 463 g/mol. The molecule has 0 unspecified atom stereocenters. The Balaban J connectivity index is 1.22. The van der Waals surface area contributed by atoms with Gasteiger partial charge in [-0.2, -0.15) is 4.99 Å². The number of rotatable bonds is 3. The minimum Gasteiger partial charge on any atom is -0.348 e. The Hall–Kier alpha value is -3.41. The summed E-state index contributed by atoms with van der Waals surface area (Å²) in [6.07, 6.45) is 2.04. The smallest absolute Gasteiger partial charge is 0.286 e. The lowest BCUT2D eigenvalue weighted by Crippen LogP contribution is -2.47. The molecule has 34 heavy (non-hydrogen) atoms. The molecule has 4 aromatic carbocycles. The van der Waals surface area contributed by atoms with Crippen molar-refractivity contribution in [3.05, 3.63) is 101 Å². The van der Waals surface area contributed by atoms with Crippen molar-refractivity contribution in [2.45, 2.75) is 6.54 Å². The van der Waals surface area contributed by atoms with Crippen LogP contribution < -0.4 is 0 Å². The van der Waals surface area contributed by atoms with Crippen LogP contribution in [0, 0.1) is 0 Å². The minimum absolute atomic E-state index is 0.135. The van der Waals surface area contributed by atoms with Crippen LogP contribution in [0.4, 0.5) is 0 Å². The van der Waals surface area contributed by atoms with E-state index >= 15 is 0 Å². The second-order valence-electron chi connectivity index (χ2n) is 8.79. The summed E-state index contributed by atoms with van der Waals surface area (Å²) in [6.45, 7) is 4.67. The van der Waals surface area contributed by atoms with Crippen molar-refractivity contribution in [1.29, 1.82) is 0 Å². The van der Waals surface area contributed by atoms with E-state index in [0.29, 0.717) is 4.91 Å². The molecule has 6 rings (SSSR count). The zero-order valence-electron chi connectivity index (χ0n) is 18.9. The second kappa shape index (κ2) is 9.09. The van der Waals surface area contributed by atoms with E-state index in [4.69, 9.17) is 0 Å². The van der Waals surface area contributed by atoms with Gasteiger partial charge in [-0.3, -0.25) is 9.69 Å². The molecule has 5 heteroatoms. The molecule has 0 radical (unpaired) electrons. The van der Waals surface area contributed by atoms with E-state index < -0.39 is 0 Å². The van der Waals surface area contributed by atoms with Gasteiger partial charge in [0.2, 0.25) is 0 Å². The maximum atomic E-state index is 12.9. The topological polar surface area (TPSA) is 35.9 Å². The Morgan fingerprint density at radius 2 is 1.41 bits per heavy atom. The second-order valence-corrected chi connectivity index (χ2v) is 9.80. The number of hydrogen-bond donors (Lipinski definition) is 0. The third kappa shape index (κ3) is 4.13. The fourth-order valence-corrected chi connectivity index (χ4v) is 5.75. The molecule has 0 spiro atoms. The first-order valence-electron chi connectivity index (χ1n) is 11.7.